The van der Waals surface area contributed by atoms with Gasteiger partial charge in [0.05, 0.1) is 5.69 Å². The monoisotopic (exact) mass is 365 g/mol. The number of benzene rings is 2. The Bertz CT molecular complexity index is 954. The molecule has 0 saturated carbocycles. The van der Waals surface area contributed by atoms with Crippen molar-refractivity contribution in [3.8, 4) is 11.5 Å². The Labute approximate surface area is 154 Å². The van der Waals surface area contributed by atoms with Crippen LogP contribution in [0.2, 0.25) is 0 Å². The van der Waals surface area contributed by atoms with Crippen molar-refractivity contribution in [3.63, 3.8) is 0 Å². The van der Waals surface area contributed by atoms with Gasteiger partial charge in [-0.15, -0.1) is 10.2 Å². The second-order valence-corrected chi connectivity index (χ2v) is 7.11. The smallest absolute Gasteiger partial charge is 0.277 e. The molecular formula is C19H15N3O3S. The summed E-state index contributed by atoms with van der Waals surface area (Å²) in [5, 5.41) is 7.72. The Morgan fingerprint density at radius 1 is 1.04 bits per heavy atom. The number of carbonyl (C=O) groups excluding carboxylic acids is 2. The van der Waals surface area contributed by atoms with Crippen LogP contribution in [-0.2, 0) is 9.59 Å². The highest BCUT2D eigenvalue weighted by molar-refractivity contribution is 8.00. The highest BCUT2D eigenvalue weighted by atomic mass is 32.2. The molecule has 2 heterocycles. The Morgan fingerprint density at radius 3 is 2.50 bits per heavy atom. The third-order valence-corrected chi connectivity index (χ3v) is 5.09. The molecule has 1 fully saturated rings. The van der Waals surface area contributed by atoms with Crippen LogP contribution in [0.5, 0.6) is 0 Å². The molecule has 0 aliphatic carbocycles. The minimum Gasteiger partial charge on any atom is -0.411 e. The Hall–Kier alpha value is -2.93. The first-order valence-corrected chi connectivity index (χ1v) is 8.99. The molecule has 7 heteroatoms. The zero-order valence-corrected chi connectivity index (χ0v) is 14.8. The standard InChI is InChI=1S/C19H15N3O3S/c1-12-7-9-14(10-8-12)22-16(23)11-15(18(22)24)26-19-21-20-17(25-19)13-5-3-2-4-6-13/h2-10,15H,11H2,1H3. The number of rotatable bonds is 4. The Balaban J connectivity index is 1.51. The van der Waals surface area contributed by atoms with E-state index in [2.05, 4.69) is 10.2 Å². The number of aromatic nitrogens is 2. The number of nitrogens with zero attached hydrogens (tertiary/aromatic N) is 3. The molecule has 0 spiro atoms. The van der Waals surface area contributed by atoms with Crippen LogP contribution >= 0.6 is 11.8 Å². The normalized spacial score (nSPS) is 17.1. The summed E-state index contributed by atoms with van der Waals surface area (Å²) in [4.78, 5) is 26.2. The van der Waals surface area contributed by atoms with E-state index in [-0.39, 0.29) is 23.5 Å². The average Bonchev–Trinajstić information content (AvgIpc) is 3.22. The summed E-state index contributed by atoms with van der Waals surface area (Å²) >= 11 is 1.13. The Morgan fingerprint density at radius 2 is 1.77 bits per heavy atom. The first-order valence-electron chi connectivity index (χ1n) is 8.11. The highest BCUT2D eigenvalue weighted by Gasteiger charge is 2.41. The van der Waals surface area contributed by atoms with Gasteiger partial charge in [0.2, 0.25) is 17.7 Å². The van der Waals surface area contributed by atoms with Gasteiger partial charge in [-0.25, -0.2) is 4.90 Å². The largest absolute Gasteiger partial charge is 0.411 e. The summed E-state index contributed by atoms with van der Waals surface area (Å²) < 4.78 is 5.63. The quantitative estimate of drug-likeness (QED) is 0.659. The maximum atomic E-state index is 12.7. The van der Waals surface area contributed by atoms with E-state index in [1.54, 1.807) is 12.1 Å². The molecule has 1 aliphatic heterocycles. The van der Waals surface area contributed by atoms with E-state index < -0.39 is 5.25 Å². The highest BCUT2D eigenvalue weighted by Crippen LogP contribution is 2.34. The van der Waals surface area contributed by atoms with Crippen molar-refractivity contribution in [3.05, 3.63) is 60.2 Å². The van der Waals surface area contributed by atoms with Gasteiger partial charge >= 0.3 is 0 Å². The molecule has 1 unspecified atom stereocenters. The molecule has 6 nitrogen and oxygen atoms in total. The van der Waals surface area contributed by atoms with Crippen LogP contribution in [0.25, 0.3) is 11.5 Å². The zero-order chi connectivity index (χ0) is 18.1. The molecule has 0 N–H and O–H groups in total. The van der Waals surface area contributed by atoms with Gasteiger partial charge in [-0.3, -0.25) is 9.59 Å². The van der Waals surface area contributed by atoms with Crippen LogP contribution in [0, 0.1) is 6.92 Å². The van der Waals surface area contributed by atoms with Gasteiger partial charge in [0.1, 0.15) is 5.25 Å². The third kappa shape index (κ3) is 3.13. The van der Waals surface area contributed by atoms with E-state index in [1.807, 2.05) is 49.4 Å². The fourth-order valence-corrected chi connectivity index (χ4v) is 3.63. The predicted octanol–water partition coefficient (Wildman–Crippen LogP) is 3.47. The van der Waals surface area contributed by atoms with Crippen molar-refractivity contribution < 1.29 is 14.0 Å². The summed E-state index contributed by atoms with van der Waals surface area (Å²) in [5.74, 6) is -0.0947. The van der Waals surface area contributed by atoms with Crippen LogP contribution < -0.4 is 4.90 Å². The summed E-state index contributed by atoms with van der Waals surface area (Å²) in [6.07, 6.45) is 0.112. The van der Waals surface area contributed by atoms with Crippen LogP contribution in [0.4, 0.5) is 5.69 Å². The second-order valence-electron chi connectivity index (χ2n) is 5.95. The number of hydrogen-bond acceptors (Lipinski definition) is 6. The van der Waals surface area contributed by atoms with Crippen LogP contribution in [0.1, 0.15) is 12.0 Å². The van der Waals surface area contributed by atoms with Gasteiger partial charge in [-0.1, -0.05) is 47.7 Å². The lowest BCUT2D eigenvalue weighted by molar-refractivity contribution is -0.121. The number of imide groups is 1. The zero-order valence-electron chi connectivity index (χ0n) is 14.0. The maximum absolute atomic E-state index is 12.7. The van der Waals surface area contributed by atoms with Crippen molar-refractivity contribution in [2.75, 3.05) is 4.90 Å². The predicted molar refractivity (Wildman–Crippen MR) is 97.7 cm³/mol. The number of hydrogen-bond donors (Lipinski definition) is 0. The molecule has 2 aromatic carbocycles. The van der Waals surface area contributed by atoms with Gasteiger partial charge in [-0.05, 0) is 31.2 Å². The van der Waals surface area contributed by atoms with E-state index >= 15 is 0 Å². The summed E-state index contributed by atoms with van der Waals surface area (Å²) in [6, 6.07) is 16.7. The molecule has 26 heavy (non-hydrogen) atoms. The molecule has 1 atom stereocenters. The third-order valence-electron chi connectivity index (χ3n) is 4.07. The minimum absolute atomic E-state index is 0.112. The van der Waals surface area contributed by atoms with Gasteiger partial charge in [-0.2, -0.15) is 0 Å². The molecular weight excluding hydrogens is 350 g/mol. The summed E-state index contributed by atoms with van der Waals surface area (Å²) in [5.41, 5.74) is 2.46. The van der Waals surface area contributed by atoms with Crippen LogP contribution in [0.15, 0.2) is 64.2 Å². The molecule has 4 rings (SSSR count). The van der Waals surface area contributed by atoms with Crippen molar-refractivity contribution in [2.24, 2.45) is 0 Å². The minimum atomic E-state index is -0.562. The number of carbonyl (C=O) groups is 2. The number of amides is 2. The second kappa shape index (κ2) is 6.76. The van der Waals surface area contributed by atoms with E-state index in [0.29, 0.717) is 11.6 Å². The first-order chi connectivity index (χ1) is 12.6. The van der Waals surface area contributed by atoms with Crippen molar-refractivity contribution in [1.29, 1.82) is 0 Å². The topological polar surface area (TPSA) is 76.3 Å². The molecule has 1 aromatic heterocycles. The van der Waals surface area contributed by atoms with E-state index in [1.165, 1.54) is 4.90 Å². The average molecular weight is 365 g/mol. The SMILES string of the molecule is Cc1ccc(N2C(=O)CC(Sc3nnc(-c4ccccc4)o3)C2=O)cc1. The number of anilines is 1. The van der Waals surface area contributed by atoms with E-state index in [9.17, 15) is 9.59 Å². The summed E-state index contributed by atoms with van der Waals surface area (Å²) in [7, 11) is 0. The fourth-order valence-electron chi connectivity index (χ4n) is 2.74. The lowest BCUT2D eigenvalue weighted by Gasteiger charge is -2.14. The van der Waals surface area contributed by atoms with Crippen molar-refractivity contribution in [1.82, 2.24) is 10.2 Å². The van der Waals surface area contributed by atoms with Gasteiger partial charge in [0, 0.05) is 12.0 Å². The lowest BCUT2D eigenvalue weighted by Crippen LogP contribution is -2.31. The Kier molecular flexibility index (Phi) is 4.30. The molecule has 0 bridgehead atoms. The number of thioether (sulfide) groups is 1. The van der Waals surface area contributed by atoms with E-state index in [0.717, 1.165) is 22.9 Å². The maximum Gasteiger partial charge on any atom is 0.277 e. The number of aryl methyl sites for hydroxylation is 1. The molecule has 1 saturated heterocycles. The summed E-state index contributed by atoms with van der Waals surface area (Å²) in [6.45, 7) is 1.95. The van der Waals surface area contributed by atoms with Gasteiger partial charge < -0.3 is 4.42 Å². The molecule has 0 radical (unpaired) electrons. The molecule has 2 amide bonds. The van der Waals surface area contributed by atoms with Gasteiger partial charge in [0.15, 0.2) is 0 Å². The first kappa shape index (κ1) is 16.5. The molecule has 130 valence electrons. The lowest BCUT2D eigenvalue weighted by atomic mass is 10.2. The molecule has 3 aromatic rings. The van der Waals surface area contributed by atoms with Crippen molar-refractivity contribution >= 4 is 29.3 Å². The van der Waals surface area contributed by atoms with Crippen LogP contribution in [0.3, 0.4) is 0 Å². The van der Waals surface area contributed by atoms with Crippen molar-refractivity contribution in [2.45, 2.75) is 23.8 Å². The van der Waals surface area contributed by atoms with E-state index in [4.69, 9.17) is 4.42 Å². The van der Waals surface area contributed by atoms with Gasteiger partial charge in [0.25, 0.3) is 5.22 Å². The van der Waals surface area contributed by atoms with Crippen LogP contribution in [-0.4, -0.2) is 27.3 Å². The fraction of sp³-hybridized carbons (Fsp3) is 0.158. The molecule has 1 aliphatic rings.